The van der Waals surface area contributed by atoms with Gasteiger partial charge in [-0.3, -0.25) is 0 Å². The minimum atomic E-state index is -2.49. The highest BCUT2D eigenvalue weighted by atomic mass is 19.1. The largest absolute Gasteiger partial charge is 0.508 e. The van der Waals surface area contributed by atoms with Crippen molar-refractivity contribution in [3.8, 4) is 17.0 Å². The van der Waals surface area contributed by atoms with Gasteiger partial charge in [0.15, 0.2) is 0 Å². The standard InChI is InChI=1S/C27H24FN3O4/c1-2-19-23(17-12-14-18(28)15-13-17)30-31-25(19)29-24(20-10-6-7-11-21(20)32)22(27(31,35)26(33)34)16-8-4-3-5-9-16/h3-15,22,24,29,32,35H,2H2,1H3,(H,33,34)/t22-,24-,27-/m1/s1. The lowest BCUT2D eigenvalue weighted by atomic mass is 9.77. The highest BCUT2D eigenvalue weighted by Crippen LogP contribution is 2.52. The first-order valence-corrected chi connectivity index (χ1v) is 11.3. The summed E-state index contributed by atoms with van der Waals surface area (Å²) in [4.78, 5) is 12.8. The number of hydrogen-bond acceptors (Lipinski definition) is 5. The number of aliphatic hydroxyl groups is 1. The van der Waals surface area contributed by atoms with E-state index in [1.807, 2.05) is 6.92 Å². The molecule has 4 N–H and O–H groups in total. The zero-order valence-corrected chi connectivity index (χ0v) is 18.9. The summed E-state index contributed by atoms with van der Waals surface area (Å²) in [7, 11) is 0. The van der Waals surface area contributed by atoms with Gasteiger partial charge < -0.3 is 20.6 Å². The summed E-state index contributed by atoms with van der Waals surface area (Å²) < 4.78 is 14.7. The van der Waals surface area contributed by atoms with Gasteiger partial charge >= 0.3 is 5.97 Å². The number of aliphatic carboxylic acids is 1. The smallest absolute Gasteiger partial charge is 0.360 e. The molecule has 0 aliphatic carbocycles. The van der Waals surface area contributed by atoms with Gasteiger partial charge in [0.2, 0.25) is 0 Å². The van der Waals surface area contributed by atoms with Gasteiger partial charge in [-0.2, -0.15) is 5.10 Å². The third kappa shape index (κ3) is 3.54. The van der Waals surface area contributed by atoms with Crippen molar-refractivity contribution in [2.45, 2.75) is 31.0 Å². The Hall–Kier alpha value is -4.17. The minimum Gasteiger partial charge on any atom is -0.508 e. The van der Waals surface area contributed by atoms with Crippen LogP contribution in [-0.4, -0.2) is 31.1 Å². The number of phenolic OH excluding ortho intramolecular Hbond substituents is 1. The van der Waals surface area contributed by atoms with E-state index in [1.165, 1.54) is 18.2 Å². The van der Waals surface area contributed by atoms with E-state index in [2.05, 4.69) is 10.4 Å². The Morgan fingerprint density at radius 3 is 2.34 bits per heavy atom. The number of phenols is 1. The van der Waals surface area contributed by atoms with Crippen LogP contribution in [0.5, 0.6) is 5.75 Å². The van der Waals surface area contributed by atoms with E-state index in [4.69, 9.17) is 0 Å². The van der Waals surface area contributed by atoms with Crippen molar-refractivity contribution in [1.29, 1.82) is 0 Å². The second-order valence-corrected chi connectivity index (χ2v) is 8.55. The summed E-state index contributed by atoms with van der Waals surface area (Å²) >= 11 is 0. The molecule has 1 aliphatic rings. The highest BCUT2D eigenvalue weighted by Gasteiger charge is 2.56. The molecule has 0 unspecified atom stereocenters. The summed E-state index contributed by atoms with van der Waals surface area (Å²) in [6.07, 6.45) is 0.467. The lowest BCUT2D eigenvalue weighted by Crippen LogP contribution is -2.54. The van der Waals surface area contributed by atoms with E-state index >= 15 is 0 Å². The molecule has 5 rings (SSSR count). The molecule has 1 aromatic heterocycles. The lowest BCUT2D eigenvalue weighted by molar-refractivity contribution is -0.179. The van der Waals surface area contributed by atoms with Crippen molar-refractivity contribution in [2.24, 2.45) is 0 Å². The van der Waals surface area contributed by atoms with Gasteiger partial charge in [-0.25, -0.2) is 13.9 Å². The van der Waals surface area contributed by atoms with Gasteiger partial charge in [0, 0.05) is 16.7 Å². The fourth-order valence-electron chi connectivity index (χ4n) is 4.93. The number of carbonyl (C=O) groups is 1. The Labute approximate surface area is 201 Å². The van der Waals surface area contributed by atoms with Crippen LogP contribution < -0.4 is 5.32 Å². The maximum Gasteiger partial charge on any atom is 0.360 e. The summed E-state index contributed by atoms with van der Waals surface area (Å²) in [5.41, 5.74) is 0.217. The number of nitrogens with zero attached hydrogens (tertiary/aromatic N) is 2. The van der Waals surface area contributed by atoms with Crippen molar-refractivity contribution in [3.63, 3.8) is 0 Å². The Kier molecular flexibility index (Phi) is 5.53. The predicted molar refractivity (Wildman–Crippen MR) is 128 cm³/mol. The van der Waals surface area contributed by atoms with E-state index in [1.54, 1.807) is 60.7 Å². The van der Waals surface area contributed by atoms with Crippen LogP contribution >= 0.6 is 0 Å². The monoisotopic (exact) mass is 473 g/mol. The number of nitrogens with one attached hydrogen (secondary N) is 1. The molecule has 0 saturated heterocycles. The molecule has 0 amide bonds. The second-order valence-electron chi connectivity index (χ2n) is 8.55. The minimum absolute atomic E-state index is 0.0246. The molecule has 1 aliphatic heterocycles. The van der Waals surface area contributed by atoms with E-state index in [-0.39, 0.29) is 5.75 Å². The van der Waals surface area contributed by atoms with Crippen LogP contribution in [-0.2, 0) is 16.9 Å². The number of aromatic hydroxyl groups is 1. The summed E-state index contributed by atoms with van der Waals surface area (Å²) in [5.74, 6) is -2.63. The fraction of sp³-hybridized carbons (Fsp3) is 0.185. The zero-order chi connectivity index (χ0) is 24.7. The molecule has 3 aromatic carbocycles. The van der Waals surface area contributed by atoms with Gasteiger partial charge in [-0.15, -0.1) is 0 Å². The molecule has 8 heteroatoms. The average molecular weight is 474 g/mol. The number of rotatable bonds is 5. The topological polar surface area (TPSA) is 108 Å². The molecule has 3 atom stereocenters. The van der Waals surface area contributed by atoms with Crippen LogP contribution in [0.4, 0.5) is 10.2 Å². The number of carboxylic acids is 1. The number of aromatic nitrogens is 2. The molecule has 0 fully saturated rings. The molecule has 0 bridgehead atoms. The first-order chi connectivity index (χ1) is 16.9. The van der Waals surface area contributed by atoms with Crippen LogP contribution in [0.2, 0.25) is 0 Å². The van der Waals surface area contributed by atoms with Crippen molar-refractivity contribution in [1.82, 2.24) is 9.78 Å². The molecule has 7 nitrogen and oxygen atoms in total. The number of anilines is 1. The van der Waals surface area contributed by atoms with Gasteiger partial charge in [0.25, 0.3) is 5.72 Å². The Bertz CT molecular complexity index is 1390. The normalized spacial score (nSPS) is 21.2. The molecule has 35 heavy (non-hydrogen) atoms. The molecule has 0 saturated carbocycles. The summed E-state index contributed by atoms with van der Waals surface area (Å²) in [6, 6.07) is 20.4. The molecular formula is C27H24FN3O4. The van der Waals surface area contributed by atoms with Gasteiger partial charge in [-0.05, 0) is 42.3 Å². The SMILES string of the molecule is CCc1c(-c2ccc(F)cc2)nn2c1N[C@H](c1ccccc1O)[C@@H](c1ccccc1)[C@@]2(O)C(=O)O. The number of halogens is 1. The molecule has 4 aromatic rings. The quantitative estimate of drug-likeness (QED) is 0.337. The third-order valence-electron chi connectivity index (χ3n) is 6.58. The van der Waals surface area contributed by atoms with E-state index in [0.29, 0.717) is 40.2 Å². The first kappa shape index (κ1) is 22.6. The van der Waals surface area contributed by atoms with Crippen LogP contribution in [0.1, 0.15) is 35.6 Å². The van der Waals surface area contributed by atoms with Gasteiger partial charge in [0.05, 0.1) is 17.7 Å². The maximum atomic E-state index is 13.6. The molecule has 0 spiro atoms. The third-order valence-corrected chi connectivity index (χ3v) is 6.58. The van der Waals surface area contributed by atoms with E-state index in [0.717, 1.165) is 4.68 Å². The summed E-state index contributed by atoms with van der Waals surface area (Å²) in [5, 5.41) is 41.0. The average Bonchev–Trinajstić information content (AvgIpc) is 3.24. The predicted octanol–water partition coefficient (Wildman–Crippen LogP) is 4.64. The van der Waals surface area contributed by atoms with Crippen LogP contribution in [0.15, 0.2) is 78.9 Å². The number of para-hydroxylation sites is 1. The van der Waals surface area contributed by atoms with E-state index < -0.39 is 29.5 Å². The fourth-order valence-corrected chi connectivity index (χ4v) is 4.93. The van der Waals surface area contributed by atoms with Crippen molar-refractivity contribution in [2.75, 3.05) is 5.32 Å². The molecule has 0 radical (unpaired) electrons. The van der Waals surface area contributed by atoms with Gasteiger partial charge in [-0.1, -0.05) is 55.5 Å². The van der Waals surface area contributed by atoms with Crippen LogP contribution in [0, 0.1) is 5.82 Å². The zero-order valence-electron chi connectivity index (χ0n) is 18.9. The van der Waals surface area contributed by atoms with Crippen LogP contribution in [0.3, 0.4) is 0 Å². The molecule has 2 heterocycles. The Morgan fingerprint density at radius 2 is 1.71 bits per heavy atom. The first-order valence-electron chi connectivity index (χ1n) is 11.3. The number of carboxylic acid groups (broad SMARTS) is 1. The van der Waals surface area contributed by atoms with Crippen molar-refractivity contribution in [3.05, 3.63) is 101 Å². The maximum absolute atomic E-state index is 13.6. The number of hydrogen-bond donors (Lipinski definition) is 4. The van der Waals surface area contributed by atoms with E-state index in [9.17, 15) is 24.5 Å². The molecule has 178 valence electrons. The molecular weight excluding hydrogens is 449 g/mol. The Balaban J connectivity index is 1.81. The summed E-state index contributed by atoms with van der Waals surface area (Å²) in [6.45, 7) is 1.89. The number of benzene rings is 3. The second kappa shape index (κ2) is 8.56. The highest BCUT2D eigenvalue weighted by molar-refractivity contribution is 5.81. The van der Waals surface area contributed by atoms with Crippen LogP contribution in [0.25, 0.3) is 11.3 Å². The van der Waals surface area contributed by atoms with Crippen molar-refractivity contribution >= 4 is 11.8 Å². The lowest BCUT2D eigenvalue weighted by Gasteiger charge is -2.44. The van der Waals surface area contributed by atoms with Crippen molar-refractivity contribution < 1.29 is 24.5 Å². The number of fused-ring (bicyclic) bond motifs is 1. The Morgan fingerprint density at radius 1 is 1.06 bits per heavy atom. The van der Waals surface area contributed by atoms with Gasteiger partial charge in [0.1, 0.15) is 17.4 Å².